The number of aromatic nitrogens is 1. The number of amides is 1. The first-order chi connectivity index (χ1) is 15.9. The molecular formula is C26H26N2O4S. The molecule has 1 aromatic heterocycles. The molecule has 3 aromatic carbocycles. The van der Waals surface area contributed by atoms with Crippen molar-refractivity contribution in [2.24, 2.45) is 0 Å². The van der Waals surface area contributed by atoms with Crippen LogP contribution in [0, 0.1) is 6.92 Å². The molecule has 0 saturated heterocycles. The van der Waals surface area contributed by atoms with Gasteiger partial charge in [0.25, 0.3) is 0 Å². The van der Waals surface area contributed by atoms with Crippen molar-refractivity contribution in [2.45, 2.75) is 31.0 Å². The number of ether oxygens (including phenoxy) is 1. The fourth-order valence-corrected chi connectivity index (χ4v) is 5.35. The standard InChI is InChI=1S/C26H26N2O4S/c1-3-32-24-11-7-5-9-22(24)27-26(29)17-28-16-25(21-8-4-6-10-23(21)28)33(30,31)18-20-14-12-19(2)13-15-20/h4-16H,3,17-18H2,1-2H3,(H,27,29). The lowest BCUT2D eigenvalue weighted by Crippen LogP contribution is -2.18. The average molecular weight is 463 g/mol. The number of anilines is 1. The first kappa shape index (κ1) is 22.6. The topological polar surface area (TPSA) is 77.4 Å². The zero-order valence-corrected chi connectivity index (χ0v) is 19.4. The van der Waals surface area contributed by atoms with Gasteiger partial charge in [0.1, 0.15) is 12.3 Å². The van der Waals surface area contributed by atoms with Gasteiger partial charge in [-0.15, -0.1) is 0 Å². The number of para-hydroxylation sites is 3. The van der Waals surface area contributed by atoms with Crippen LogP contribution in [0.4, 0.5) is 5.69 Å². The third-order valence-electron chi connectivity index (χ3n) is 5.34. The summed E-state index contributed by atoms with van der Waals surface area (Å²) in [5, 5.41) is 3.47. The molecule has 0 aliphatic heterocycles. The summed E-state index contributed by atoms with van der Waals surface area (Å²) in [4.78, 5) is 13.1. The molecule has 7 heteroatoms. The van der Waals surface area contributed by atoms with Gasteiger partial charge in [-0.25, -0.2) is 8.42 Å². The molecule has 0 atom stereocenters. The highest BCUT2D eigenvalue weighted by Gasteiger charge is 2.22. The number of sulfone groups is 1. The number of carbonyl (C=O) groups excluding carboxylic acids is 1. The fraction of sp³-hybridized carbons (Fsp3) is 0.192. The lowest BCUT2D eigenvalue weighted by Gasteiger charge is -2.12. The van der Waals surface area contributed by atoms with E-state index in [4.69, 9.17) is 4.74 Å². The normalized spacial score (nSPS) is 11.5. The minimum atomic E-state index is -3.61. The van der Waals surface area contributed by atoms with Crippen LogP contribution in [0.25, 0.3) is 10.9 Å². The summed E-state index contributed by atoms with van der Waals surface area (Å²) in [5.74, 6) is 0.215. The van der Waals surface area contributed by atoms with E-state index in [-0.39, 0.29) is 23.1 Å². The first-order valence-corrected chi connectivity index (χ1v) is 12.4. The molecule has 1 N–H and O–H groups in total. The lowest BCUT2D eigenvalue weighted by atomic mass is 10.2. The van der Waals surface area contributed by atoms with E-state index in [1.807, 2.05) is 62.4 Å². The van der Waals surface area contributed by atoms with Gasteiger partial charge in [0.15, 0.2) is 9.84 Å². The second kappa shape index (κ2) is 9.50. The zero-order valence-electron chi connectivity index (χ0n) is 18.6. The van der Waals surface area contributed by atoms with E-state index in [0.29, 0.717) is 28.9 Å². The minimum Gasteiger partial charge on any atom is -0.492 e. The van der Waals surface area contributed by atoms with E-state index in [1.165, 1.54) is 0 Å². The molecule has 0 fully saturated rings. The van der Waals surface area contributed by atoms with E-state index in [0.717, 1.165) is 11.1 Å². The second-order valence-corrected chi connectivity index (χ2v) is 9.82. The summed E-state index contributed by atoms with van der Waals surface area (Å²) in [6.07, 6.45) is 1.56. The molecular weight excluding hydrogens is 436 g/mol. The third-order valence-corrected chi connectivity index (χ3v) is 7.05. The maximum Gasteiger partial charge on any atom is 0.244 e. The van der Waals surface area contributed by atoms with E-state index < -0.39 is 9.84 Å². The average Bonchev–Trinajstić information content (AvgIpc) is 3.16. The molecule has 4 aromatic rings. The molecule has 0 saturated carbocycles. The van der Waals surface area contributed by atoms with Gasteiger partial charge in [-0.05, 0) is 37.6 Å². The third kappa shape index (κ3) is 5.09. The Kier molecular flexibility index (Phi) is 6.51. The predicted molar refractivity (Wildman–Crippen MR) is 130 cm³/mol. The van der Waals surface area contributed by atoms with E-state index in [9.17, 15) is 13.2 Å². The summed E-state index contributed by atoms with van der Waals surface area (Å²) in [7, 11) is -3.61. The molecule has 0 unspecified atom stereocenters. The van der Waals surface area contributed by atoms with Gasteiger partial charge in [-0.2, -0.15) is 0 Å². The molecule has 33 heavy (non-hydrogen) atoms. The Morgan fingerprint density at radius 2 is 1.67 bits per heavy atom. The van der Waals surface area contributed by atoms with Crippen LogP contribution in [0.5, 0.6) is 5.75 Å². The molecule has 0 radical (unpaired) electrons. The number of rotatable bonds is 8. The van der Waals surface area contributed by atoms with Crippen molar-refractivity contribution in [2.75, 3.05) is 11.9 Å². The highest BCUT2D eigenvalue weighted by atomic mass is 32.2. The van der Waals surface area contributed by atoms with Gasteiger partial charge in [0.2, 0.25) is 5.91 Å². The van der Waals surface area contributed by atoms with Crippen LogP contribution in [-0.2, 0) is 26.9 Å². The van der Waals surface area contributed by atoms with Crippen LogP contribution in [0.1, 0.15) is 18.1 Å². The summed E-state index contributed by atoms with van der Waals surface area (Å²) < 4.78 is 33.8. The Hall–Kier alpha value is -3.58. The van der Waals surface area contributed by atoms with Crippen molar-refractivity contribution in [3.8, 4) is 5.75 Å². The highest BCUT2D eigenvalue weighted by Crippen LogP contribution is 2.29. The SMILES string of the molecule is CCOc1ccccc1NC(=O)Cn1cc(S(=O)(=O)Cc2ccc(C)cc2)c2ccccc21. The largest absolute Gasteiger partial charge is 0.492 e. The monoisotopic (exact) mass is 462 g/mol. The number of nitrogens with zero attached hydrogens (tertiary/aromatic N) is 1. The van der Waals surface area contributed by atoms with Gasteiger partial charge < -0.3 is 14.6 Å². The summed E-state index contributed by atoms with van der Waals surface area (Å²) in [6, 6.07) is 21.9. The van der Waals surface area contributed by atoms with Crippen LogP contribution < -0.4 is 10.1 Å². The fourth-order valence-electron chi connectivity index (χ4n) is 3.77. The quantitative estimate of drug-likeness (QED) is 0.401. The number of benzene rings is 3. The van der Waals surface area contributed by atoms with Gasteiger partial charge in [0.05, 0.1) is 22.9 Å². The minimum absolute atomic E-state index is 0.0268. The van der Waals surface area contributed by atoms with Crippen LogP contribution >= 0.6 is 0 Å². The van der Waals surface area contributed by atoms with Crippen molar-refractivity contribution in [1.82, 2.24) is 4.57 Å². The summed E-state index contributed by atoms with van der Waals surface area (Å²) in [5.41, 5.74) is 3.06. The van der Waals surface area contributed by atoms with Crippen LogP contribution in [0.3, 0.4) is 0 Å². The van der Waals surface area contributed by atoms with Crippen molar-refractivity contribution in [3.05, 3.63) is 90.1 Å². The number of carbonyl (C=O) groups is 1. The van der Waals surface area contributed by atoms with Gasteiger partial charge in [0, 0.05) is 17.1 Å². The summed E-state index contributed by atoms with van der Waals surface area (Å²) in [6.45, 7) is 4.30. The first-order valence-electron chi connectivity index (χ1n) is 10.8. The second-order valence-electron chi connectivity index (χ2n) is 7.86. The van der Waals surface area contributed by atoms with Crippen LogP contribution in [-0.4, -0.2) is 25.5 Å². The molecule has 1 amide bonds. The number of fused-ring (bicyclic) bond motifs is 1. The van der Waals surface area contributed by atoms with Gasteiger partial charge >= 0.3 is 0 Å². The number of nitrogens with one attached hydrogen (secondary N) is 1. The van der Waals surface area contributed by atoms with Crippen molar-refractivity contribution in [3.63, 3.8) is 0 Å². The molecule has 1 heterocycles. The van der Waals surface area contributed by atoms with Gasteiger partial charge in [-0.1, -0.05) is 60.2 Å². The summed E-state index contributed by atoms with van der Waals surface area (Å²) >= 11 is 0. The van der Waals surface area contributed by atoms with Crippen molar-refractivity contribution in [1.29, 1.82) is 0 Å². The Balaban J connectivity index is 1.62. The Labute approximate surface area is 193 Å². The van der Waals surface area contributed by atoms with Gasteiger partial charge in [-0.3, -0.25) is 4.79 Å². The lowest BCUT2D eigenvalue weighted by molar-refractivity contribution is -0.116. The van der Waals surface area contributed by atoms with Crippen molar-refractivity contribution >= 4 is 32.3 Å². The molecule has 170 valence electrons. The molecule has 0 spiro atoms. The number of aryl methyl sites for hydroxylation is 1. The number of hydrogen-bond donors (Lipinski definition) is 1. The number of hydrogen-bond acceptors (Lipinski definition) is 4. The smallest absolute Gasteiger partial charge is 0.244 e. The molecule has 4 rings (SSSR count). The Bertz CT molecular complexity index is 1390. The molecule has 0 aliphatic rings. The van der Waals surface area contributed by atoms with Crippen LogP contribution in [0.15, 0.2) is 83.9 Å². The Morgan fingerprint density at radius 1 is 0.970 bits per heavy atom. The molecule has 0 bridgehead atoms. The molecule has 6 nitrogen and oxygen atoms in total. The van der Waals surface area contributed by atoms with E-state index in [2.05, 4.69) is 5.32 Å². The van der Waals surface area contributed by atoms with E-state index >= 15 is 0 Å². The maximum atomic E-state index is 13.3. The predicted octanol–water partition coefficient (Wildman–Crippen LogP) is 4.96. The van der Waals surface area contributed by atoms with Crippen molar-refractivity contribution < 1.29 is 17.9 Å². The zero-order chi connectivity index (χ0) is 23.4. The maximum absolute atomic E-state index is 13.3. The Morgan fingerprint density at radius 3 is 2.42 bits per heavy atom. The van der Waals surface area contributed by atoms with E-state index in [1.54, 1.807) is 35.0 Å². The highest BCUT2D eigenvalue weighted by molar-refractivity contribution is 7.90. The molecule has 0 aliphatic carbocycles. The van der Waals surface area contributed by atoms with Crippen LogP contribution in [0.2, 0.25) is 0 Å².